The topological polar surface area (TPSA) is 26.0 Å². The third-order valence-electron chi connectivity index (χ3n) is 4.76. The third kappa shape index (κ3) is 1.49. The van der Waals surface area contributed by atoms with Gasteiger partial charge in [-0.15, -0.1) is 0 Å². The average Bonchev–Trinajstić information content (AvgIpc) is 2.57. The summed E-state index contributed by atoms with van der Waals surface area (Å²) in [5, 5.41) is 0.786. The molecular weight excluding hydrogens is 218 g/mol. The zero-order chi connectivity index (χ0) is 12.1. The fourth-order valence-electron chi connectivity index (χ4n) is 3.07. The van der Waals surface area contributed by atoms with Crippen LogP contribution in [0.25, 0.3) is 0 Å². The van der Waals surface area contributed by atoms with Crippen LogP contribution in [0.5, 0.6) is 0 Å². The van der Waals surface area contributed by atoms with E-state index >= 15 is 0 Å². The van der Waals surface area contributed by atoms with Gasteiger partial charge in [0.15, 0.2) is 0 Å². The van der Waals surface area contributed by atoms with Crippen LogP contribution in [0.1, 0.15) is 39.3 Å². The molecule has 16 heavy (non-hydrogen) atoms. The molecule has 0 amide bonds. The normalized spacial score (nSPS) is 24.1. The van der Waals surface area contributed by atoms with E-state index in [0.717, 1.165) is 10.6 Å². The highest BCUT2D eigenvalue weighted by molar-refractivity contribution is 6.31. The second kappa shape index (κ2) is 3.48. The van der Waals surface area contributed by atoms with Gasteiger partial charge in [-0.1, -0.05) is 57.5 Å². The number of halogens is 1. The van der Waals surface area contributed by atoms with Crippen LogP contribution < -0.4 is 5.73 Å². The third-order valence-corrected chi connectivity index (χ3v) is 5.10. The Morgan fingerprint density at radius 1 is 1.12 bits per heavy atom. The van der Waals surface area contributed by atoms with E-state index in [-0.39, 0.29) is 6.04 Å². The van der Waals surface area contributed by atoms with Crippen molar-refractivity contribution in [1.29, 1.82) is 0 Å². The van der Waals surface area contributed by atoms with Gasteiger partial charge < -0.3 is 5.73 Å². The summed E-state index contributed by atoms with van der Waals surface area (Å²) in [7, 11) is 0. The van der Waals surface area contributed by atoms with Crippen molar-refractivity contribution in [1.82, 2.24) is 0 Å². The van der Waals surface area contributed by atoms with Gasteiger partial charge in [0.05, 0.1) is 0 Å². The van der Waals surface area contributed by atoms with E-state index in [1.54, 1.807) is 0 Å². The van der Waals surface area contributed by atoms with Gasteiger partial charge in [-0.3, -0.25) is 0 Å². The van der Waals surface area contributed by atoms with Crippen molar-refractivity contribution in [3.8, 4) is 0 Å². The summed E-state index contributed by atoms with van der Waals surface area (Å²) in [6, 6.07) is 7.95. The molecule has 1 aliphatic carbocycles. The lowest BCUT2D eigenvalue weighted by Crippen LogP contribution is -2.16. The van der Waals surface area contributed by atoms with E-state index in [1.165, 1.54) is 0 Å². The minimum Gasteiger partial charge on any atom is -0.324 e. The molecule has 0 heterocycles. The molecule has 0 spiro atoms. The van der Waals surface area contributed by atoms with Gasteiger partial charge in [-0.2, -0.15) is 0 Å². The van der Waals surface area contributed by atoms with Crippen LogP contribution in [-0.4, -0.2) is 0 Å². The lowest BCUT2D eigenvalue weighted by Gasteiger charge is -2.15. The van der Waals surface area contributed by atoms with E-state index in [2.05, 4.69) is 27.7 Å². The van der Waals surface area contributed by atoms with Gasteiger partial charge in [0.1, 0.15) is 0 Å². The summed E-state index contributed by atoms with van der Waals surface area (Å²) in [6.45, 7) is 9.14. The van der Waals surface area contributed by atoms with Gasteiger partial charge in [0.2, 0.25) is 0 Å². The van der Waals surface area contributed by atoms with Gasteiger partial charge in [0, 0.05) is 11.1 Å². The maximum Gasteiger partial charge on any atom is 0.0453 e. The minimum atomic E-state index is 0.0405. The largest absolute Gasteiger partial charge is 0.324 e. The standard InChI is InChI=1S/C14H20ClN/c1-13(2)12(14(13,3)4)11(16)9-7-5-6-8-10(9)15/h5-8,11-12H,16H2,1-4H3. The Morgan fingerprint density at radius 3 is 2.06 bits per heavy atom. The van der Waals surface area contributed by atoms with Crippen LogP contribution in [0.15, 0.2) is 24.3 Å². The Kier molecular flexibility index (Phi) is 2.60. The number of hydrogen-bond donors (Lipinski definition) is 1. The Labute approximate surface area is 103 Å². The molecule has 2 heteroatoms. The molecule has 2 N–H and O–H groups in total. The first kappa shape index (κ1) is 11.9. The molecular formula is C14H20ClN. The van der Waals surface area contributed by atoms with Gasteiger partial charge in [-0.25, -0.2) is 0 Å². The molecule has 2 rings (SSSR count). The van der Waals surface area contributed by atoms with E-state index in [0.29, 0.717) is 16.7 Å². The molecule has 1 saturated carbocycles. The average molecular weight is 238 g/mol. The van der Waals surface area contributed by atoms with Crippen molar-refractivity contribution in [2.24, 2.45) is 22.5 Å². The fraction of sp³-hybridized carbons (Fsp3) is 0.571. The molecule has 1 aromatic carbocycles. The van der Waals surface area contributed by atoms with Crippen molar-refractivity contribution in [3.05, 3.63) is 34.9 Å². The molecule has 88 valence electrons. The molecule has 1 unspecified atom stereocenters. The molecule has 0 radical (unpaired) electrons. The second-order valence-electron chi connectivity index (χ2n) is 5.97. The predicted octanol–water partition coefficient (Wildman–Crippen LogP) is 4.02. The van der Waals surface area contributed by atoms with E-state index in [4.69, 9.17) is 17.3 Å². The molecule has 1 fully saturated rings. The van der Waals surface area contributed by atoms with Crippen LogP contribution in [0.3, 0.4) is 0 Å². The predicted molar refractivity (Wildman–Crippen MR) is 69.4 cm³/mol. The van der Waals surface area contributed by atoms with Crippen LogP contribution in [0, 0.1) is 16.7 Å². The summed E-state index contributed by atoms with van der Waals surface area (Å²) in [5.41, 5.74) is 8.04. The van der Waals surface area contributed by atoms with Crippen molar-refractivity contribution in [3.63, 3.8) is 0 Å². The number of nitrogens with two attached hydrogens (primary N) is 1. The van der Waals surface area contributed by atoms with Gasteiger partial charge in [0.25, 0.3) is 0 Å². The van der Waals surface area contributed by atoms with Crippen LogP contribution in [-0.2, 0) is 0 Å². The highest BCUT2D eigenvalue weighted by Crippen LogP contribution is 2.71. The highest BCUT2D eigenvalue weighted by Gasteiger charge is 2.66. The maximum atomic E-state index is 6.37. The molecule has 0 aliphatic heterocycles. The maximum absolute atomic E-state index is 6.37. The number of hydrogen-bond acceptors (Lipinski definition) is 1. The first-order valence-corrected chi connectivity index (χ1v) is 6.18. The summed E-state index contributed by atoms with van der Waals surface area (Å²) >= 11 is 6.20. The van der Waals surface area contributed by atoms with E-state index < -0.39 is 0 Å². The lowest BCUT2D eigenvalue weighted by molar-refractivity contribution is 0.457. The van der Waals surface area contributed by atoms with Crippen molar-refractivity contribution >= 4 is 11.6 Å². The summed E-state index contributed by atoms with van der Waals surface area (Å²) < 4.78 is 0. The Balaban J connectivity index is 2.29. The molecule has 1 aliphatic rings. The summed E-state index contributed by atoms with van der Waals surface area (Å²) in [4.78, 5) is 0. The van der Waals surface area contributed by atoms with Crippen LogP contribution in [0.2, 0.25) is 5.02 Å². The molecule has 0 saturated heterocycles. The number of rotatable bonds is 2. The Hall–Kier alpha value is -0.530. The second-order valence-corrected chi connectivity index (χ2v) is 6.38. The molecule has 0 aromatic heterocycles. The Bertz CT molecular complexity index is 395. The molecule has 1 nitrogen and oxygen atoms in total. The first-order valence-electron chi connectivity index (χ1n) is 5.80. The highest BCUT2D eigenvalue weighted by atomic mass is 35.5. The Morgan fingerprint density at radius 2 is 1.62 bits per heavy atom. The van der Waals surface area contributed by atoms with Crippen molar-refractivity contribution < 1.29 is 0 Å². The zero-order valence-corrected chi connectivity index (χ0v) is 11.2. The number of benzene rings is 1. The van der Waals surface area contributed by atoms with E-state index in [1.807, 2.05) is 24.3 Å². The first-order chi connectivity index (χ1) is 7.30. The molecule has 1 atom stereocenters. The van der Waals surface area contributed by atoms with Gasteiger partial charge >= 0.3 is 0 Å². The molecule has 1 aromatic rings. The minimum absolute atomic E-state index is 0.0405. The lowest BCUT2D eigenvalue weighted by atomic mass is 9.97. The fourth-order valence-corrected chi connectivity index (χ4v) is 3.33. The van der Waals surface area contributed by atoms with Gasteiger partial charge in [-0.05, 0) is 28.4 Å². The summed E-state index contributed by atoms with van der Waals surface area (Å²) in [5.74, 6) is 0.500. The quantitative estimate of drug-likeness (QED) is 0.826. The monoisotopic (exact) mass is 237 g/mol. The smallest absolute Gasteiger partial charge is 0.0453 e. The van der Waals surface area contributed by atoms with Crippen molar-refractivity contribution in [2.75, 3.05) is 0 Å². The zero-order valence-electron chi connectivity index (χ0n) is 10.4. The summed E-state index contributed by atoms with van der Waals surface area (Å²) in [6.07, 6.45) is 0. The molecule has 0 bridgehead atoms. The van der Waals surface area contributed by atoms with Crippen LogP contribution in [0.4, 0.5) is 0 Å². The van der Waals surface area contributed by atoms with Crippen LogP contribution >= 0.6 is 11.6 Å². The van der Waals surface area contributed by atoms with Crippen molar-refractivity contribution in [2.45, 2.75) is 33.7 Å². The van der Waals surface area contributed by atoms with E-state index in [9.17, 15) is 0 Å². The SMILES string of the molecule is CC1(C)C(C(N)c2ccccc2Cl)C1(C)C.